The number of carbonyl (C=O) groups is 1. The number of hydrogen-bond donors (Lipinski definition) is 3. The van der Waals surface area contributed by atoms with E-state index in [4.69, 9.17) is 4.74 Å². The largest absolute Gasteiger partial charge is 0.394 e. The molecule has 104 valence electrons. The quantitative estimate of drug-likeness (QED) is 0.744. The van der Waals surface area contributed by atoms with E-state index in [1.807, 2.05) is 30.3 Å². The summed E-state index contributed by atoms with van der Waals surface area (Å²) in [4.78, 5) is 11.8. The van der Waals surface area contributed by atoms with Crippen molar-refractivity contribution in [1.82, 2.24) is 10.6 Å². The maximum atomic E-state index is 11.8. The van der Waals surface area contributed by atoms with Crippen LogP contribution in [0.1, 0.15) is 18.5 Å². The molecule has 1 heterocycles. The van der Waals surface area contributed by atoms with Crippen LogP contribution in [0.15, 0.2) is 30.3 Å². The van der Waals surface area contributed by atoms with E-state index in [9.17, 15) is 9.90 Å². The lowest BCUT2D eigenvalue weighted by molar-refractivity contribution is -0.0975. The van der Waals surface area contributed by atoms with Crippen LogP contribution in [-0.2, 0) is 4.74 Å². The van der Waals surface area contributed by atoms with E-state index in [1.54, 1.807) is 0 Å². The molecule has 0 saturated carbocycles. The fraction of sp³-hybridized carbons (Fsp3) is 0.500. The Morgan fingerprint density at radius 2 is 2.11 bits per heavy atom. The lowest BCUT2D eigenvalue weighted by atomic mass is 9.89. The summed E-state index contributed by atoms with van der Waals surface area (Å²) in [7, 11) is 0. The first-order valence-electron chi connectivity index (χ1n) is 6.41. The molecule has 0 radical (unpaired) electrons. The summed E-state index contributed by atoms with van der Waals surface area (Å²) < 4.78 is 5.13. The van der Waals surface area contributed by atoms with Crippen molar-refractivity contribution in [3.8, 4) is 0 Å². The van der Waals surface area contributed by atoms with Crippen molar-refractivity contribution in [3.05, 3.63) is 35.9 Å². The number of nitrogens with one attached hydrogen (secondary N) is 2. The van der Waals surface area contributed by atoms with Crippen LogP contribution in [0.5, 0.6) is 0 Å². The van der Waals surface area contributed by atoms with Gasteiger partial charge in [-0.05, 0) is 5.56 Å². The van der Waals surface area contributed by atoms with Gasteiger partial charge in [-0.15, -0.1) is 0 Å². The minimum atomic E-state index is -0.383. The van der Waals surface area contributed by atoms with Crippen molar-refractivity contribution in [2.75, 3.05) is 26.4 Å². The fourth-order valence-electron chi connectivity index (χ4n) is 1.98. The average Bonchev–Trinajstić information content (AvgIpc) is 2.41. The molecule has 1 fully saturated rings. The molecule has 0 aromatic heterocycles. The van der Waals surface area contributed by atoms with Gasteiger partial charge in [-0.2, -0.15) is 0 Å². The maximum Gasteiger partial charge on any atom is 0.315 e. The number of aliphatic hydroxyl groups excluding tert-OH is 1. The molecule has 0 aliphatic carbocycles. The van der Waals surface area contributed by atoms with E-state index >= 15 is 0 Å². The zero-order valence-electron chi connectivity index (χ0n) is 11.1. The van der Waals surface area contributed by atoms with Crippen molar-refractivity contribution in [3.63, 3.8) is 0 Å². The van der Waals surface area contributed by atoms with Gasteiger partial charge in [0, 0.05) is 12.0 Å². The molecule has 1 unspecified atom stereocenters. The molecule has 19 heavy (non-hydrogen) atoms. The molecule has 2 amide bonds. The summed E-state index contributed by atoms with van der Waals surface area (Å²) in [6.07, 6.45) is 0. The summed E-state index contributed by atoms with van der Waals surface area (Å²) in [5.74, 6) is 0. The minimum Gasteiger partial charge on any atom is -0.394 e. The highest BCUT2D eigenvalue weighted by Crippen LogP contribution is 2.25. The van der Waals surface area contributed by atoms with Crippen LogP contribution in [0.4, 0.5) is 4.79 Å². The van der Waals surface area contributed by atoms with E-state index in [0.29, 0.717) is 19.8 Å². The highest BCUT2D eigenvalue weighted by atomic mass is 16.5. The molecule has 3 N–H and O–H groups in total. The molecular formula is C14H20N2O3. The van der Waals surface area contributed by atoms with Gasteiger partial charge in [-0.1, -0.05) is 37.3 Å². The Morgan fingerprint density at radius 3 is 2.63 bits per heavy atom. The molecule has 1 aromatic carbocycles. The number of benzene rings is 1. The van der Waals surface area contributed by atoms with Crippen LogP contribution in [0.3, 0.4) is 0 Å². The predicted molar refractivity (Wildman–Crippen MR) is 71.7 cm³/mol. The third-order valence-electron chi connectivity index (χ3n) is 3.27. The Balaban J connectivity index is 1.83. The summed E-state index contributed by atoms with van der Waals surface area (Å²) in [5.41, 5.74) is 0.928. The molecule has 1 aromatic rings. The van der Waals surface area contributed by atoms with Crippen LogP contribution in [0.25, 0.3) is 0 Å². The Kier molecular flexibility index (Phi) is 4.39. The Bertz CT molecular complexity index is 418. The van der Waals surface area contributed by atoms with Gasteiger partial charge in [0.2, 0.25) is 0 Å². The van der Waals surface area contributed by atoms with Gasteiger partial charge in [0.15, 0.2) is 0 Å². The van der Waals surface area contributed by atoms with Gasteiger partial charge in [0.05, 0.1) is 25.9 Å². The van der Waals surface area contributed by atoms with Gasteiger partial charge in [0.25, 0.3) is 0 Å². The van der Waals surface area contributed by atoms with Crippen molar-refractivity contribution in [2.24, 2.45) is 5.41 Å². The van der Waals surface area contributed by atoms with E-state index in [-0.39, 0.29) is 24.1 Å². The summed E-state index contributed by atoms with van der Waals surface area (Å²) >= 11 is 0. The van der Waals surface area contributed by atoms with Gasteiger partial charge in [-0.25, -0.2) is 4.79 Å². The number of ether oxygens (including phenoxy) is 1. The molecule has 2 rings (SSSR count). The van der Waals surface area contributed by atoms with E-state index in [0.717, 1.165) is 5.56 Å². The van der Waals surface area contributed by atoms with Crippen LogP contribution in [-0.4, -0.2) is 37.5 Å². The van der Waals surface area contributed by atoms with E-state index in [1.165, 1.54) is 0 Å². The second kappa shape index (κ2) is 6.04. The maximum absolute atomic E-state index is 11.8. The van der Waals surface area contributed by atoms with Gasteiger partial charge >= 0.3 is 6.03 Å². The molecule has 5 heteroatoms. The first-order valence-corrected chi connectivity index (χ1v) is 6.41. The minimum absolute atomic E-state index is 0.0405. The second-order valence-electron chi connectivity index (χ2n) is 5.28. The van der Waals surface area contributed by atoms with Crippen molar-refractivity contribution in [1.29, 1.82) is 0 Å². The lowest BCUT2D eigenvalue weighted by Crippen LogP contribution is -2.51. The lowest BCUT2D eigenvalue weighted by Gasteiger charge is -2.38. The van der Waals surface area contributed by atoms with Crippen LogP contribution < -0.4 is 10.6 Å². The molecule has 1 aliphatic heterocycles. The zero-order valence-corrected chi connectivity index (χ0v) is 11.1. The Morgan fingerprint density at radius 1 is 1.42 bits per heavy atom. The number of carbonyl (C=O) groups excluding carboxylic acids is 1. The van der Waals surface area contributed by atoms with Gasteiger partial charge in [0.1, 0.15) is 0 Å². The smallest absolute Gasteiger partial charge is 0.315 e. The normalized spacial score (nSPS) is 18.2. The third-order valence-corrected chi connectivity index (χ3v) is 3.27. The number of rotatable bonds is 5. The molecule has 1 saturated heterocycles. The number of hydrogen-bond acceptors (Lipinski definition) is 3. The average molecular weight is 264 g/mol. The molecule has 5 nitrogen and oxygen atoms in total. The van der Waals surface area contributed by atoms with Crippen LogP contribution in [0, 0.1) is 5.41 Å². The highest BCUT2D eigenvalue weighted by Gasteiger charge is 2.33. The summed E-state index contributed by atoms with van der Waals surface area (Å²) in [6, 6.07) is 8.76. The topological polar surface area (TPSA) is 70.6 Å². The number of aliphatic hydroxyl groups is 1. The van der Waals surface area contributed by atoms with E-state index < -0.39 is 0 Å². The molecule has 1 aliphatic rings. The van der Waals surface area contributed by atoms with Crippen molar-refractivity contribution in [2.45, 2.75) is 13.0 Å². The Hall–Kier alpha value is -1.59. The van der Waals surface area contributed by atoms with Crippen LogP contribution >= 0.6 is 0 Å². The number of amides is 2. The van der Waals surface area contributed by atoms with E-state index in [2.05, 4.69) is 17.6 Å². The Labute approximate surface area is 113 Å². The monoisotopic (exact) mass is 264 g/mol. The highest BCUT2D eigenvalue weighted by molar-refractivity contribution is 5.74. The first kappa shape index (κ1) is 13.8. The van der Waals surface area contributed by atoms with Gasteiger partial charge < -0.3 is 20.5 Å². The predicted octanol–water partition coefficient (Wildman–Crippen LogP) is 1.06. The van der Waals surface area contributed by atoms with Crippen molar-refractivity contribution < 1.29 is 14.6 Å². The molecule has 0 spiro atoms. The molecule has 1 atom stereocenters. The first-order chi connectivity index (χ1) is 9.13. The third kappa shape index (κ3) is 3.68. The van der Waals surface area contributed by atoms with Crippen LogP contribution in [0.2, 0.25) is 0 Å². The standard InChI is InChI=1S/C14H20N2O3/c1-14(9-19-10-14)8-15-13(18)16-12(7-17)11-5-3-2-4-6-11/h2-6,12,17H,7-10H2,1H3,(H2,15,16,18). The number of urea groups is 1. The fourth-order valence-corrected chi connectivity index (χ4v) is 1.98. The SMILES string of the molecule is CC1(CNC(=O)NC(CO)c2ccccc2)COC1. The van der Waals surface area contributed by atoms with Gasteiger partial charge in [-0.3, -0.25) is 0 Å². The van der Waals surface area contributed by atoms with Crippen molar-refractivity contribution >= 4 is 6.03 Å². The molecular weight excluding hydrogens is 244 g/mol. The molecule has 0 bridgehead atoms. The summed E-state index contributed by atoms with van der Waals surface area (Å²) in [6.45, 7) is 3.87. The summed E-state index contributed by atoms with van der Waals surface area (Å²) in [5, 5.41) is 14.9. The zero-order chi connectivity index (χ0) is 13.7. The second-order valence-corrected chi connectivity index (χ2v) is 5.28.